The zero-order valence-corrected chi connectivity index (χ0v) is 13.2. The summed E-state index contributed by atoms with van der Waals surface area (Å²) in [5, 5.41) is 2.88. The smallest absolute Gasteiger partial charge is 0.321 e. The highest BCUT2D eigenvalue weighted by Gasteiger charge is 2.40. The topological polar surface area (TPSA) is 70.6 Å². The van der Waals surface area contributed by atoms with E-state index in [0.29, 0.717) is 11.6 Å². The predicted octanol–water partition coefficient (Wildman–Crippen LogP) is 1.58. The summed E-state index contributed by atoms with van der Waals surface area (Å²) in [5.41, 5.74) is 0.893. The molecule has 7 nitrogen and oxygen atoms in total. The first kappa shape index (κ1) is 15.0. The number of carbonyl (C=O) groups excluding carboxylic acids is 1. The van der Waals surface area contributed by atoms with Crippen LogP contribution >= 0.6 is 0 Å². The molecule has 0 aliphatic carbocycles. The van der Waals surface area contributed by atoms with Gasteiger partial charge in [-0.2, -0.15) is 0 Å². The fourth-order valence-corrected chi connectivity index (χ4v) is 3.14. The van der Waals surface area contributed by atoms with E-state index in [-0.39, 0.29) is 11.4 Å². The first-order valence-electron chi connectivity index (χ1n) is 7.71. The molecule has 0 saturated carbocycles. The van der Waals surface area contributed by atoms with Crippen LogP contribution in [0.1, 0.15) is 19.3 Å². The molecule has 0 radical (unpaired) electrons. The normalized spacial score (nSPS) is 20.2. The number of carbonyl (C=O) groups is 1. The Morgan fingerprint density at radius 1 is 1.27 bits per heavy atom. The van der Waals surface area contributed by atoms with Crippen LogP contribution in [-0.4, -0.2) is 61.3 Å². The van der Waals surface area contributed by atoms with Crippen molar-refractivity contribution < 1.29 is 9.53 Å². The van der Waals surface area contributed by atoms with E-state index in [1.165, 1.54) is 0 Å². The minimum atomic E-state index is -0.0652. The van der Waals surface area contributed by atoms with Gasteiger partial charge in [-0.1, -0.05) is 0 Å². The summed E-state index contributed by atoms with van der Waals surface area (Å²) in [6.07, 6.45) is 6.45. The van der Waals surface area contributed by atoms with Gasteiger partial charge in [0.25, 0.3) is 0 Å². The van der Waals surface area contributed by atoms with Crippen molar-refractivity contribution in [2.24, 2.45) is 5.41 Å². The quantitative estimate of drug-likeness (QED) is 0.898. The second kappa shape index (κ2) is 6.08. The van der Waals surface area contributed by atoms with Crippen molar-refractivity contribution in [3.05, 3.63) is 12.4 Å². The third-order valence-electron chi connectivity index (χ3n) is 4.57. The molecule has 0 bridgehead atoms. The summed E-state index contributed by atoms with van der Waals surface area (Å²) in [6, 6.07) is -0.0652. The summed E-state index contributed by atoms with van der Waals surface area (Å²) >= 11 is 0. The van der Waals surface area contributed by atoms with Gasteiger partial charge in [-0.25, -0.2) is 14.8 Å². The van der Waals surface area contributed by atoms with Gasteiger partial charge < -0.3 is 19.9 Å². The minimum Gasteiger partial charge on any atom is -0.381 e. The van der Waals surface area contributed by atoms with E-state index in [9.17, 15) is 4.79 Å². The van der Waals surface area contributed by atoms with Crippen molar-refractivity contribution in [2.75, 3.05) is 50.6 Å². The maximum Gasteiger partial charge on any atom is 0.321 e. The van der Waals surface area contributed by atoms with Gasteiger partial charge >= 0.3 is 6.03 Å². The molecule has 3 rings (SSSR count). The van der Waals surface area contributed by atoms with Crippen molar-refractivity contribution >= 4 is 17.7 Å². The van der Waals surface area contributed by atoms with E-state index >= 15 is 0 Å². The van der Waals surface area contributed by atoms with Crippen LogP contribution in [-0.2, 0) is 4.74 Å². The van der Waals surface area contributed by atoms with Crippen molar-refractivity contribution in [3.63, 3.8) is 0 Å². The average Bonchev–Trinajstić information content (AvgIpc) is 2.92. The Bertz CT molecular complexity index is 525. The number of hydrogen-bond donors (Lipinski definition) is 1. The highest BCUT2D eigenvalue weighted by Crippen LogP contribution is 2.39. The third kappa shape index (κ3) is 3.14. The number of urea groups is 1. The van der Waals surface area contributed by atoms with Gasteiger partial charge in [0.05, 0.1) is 18.1 Å². The summed E-state index contributed by atoms with van der Waals surface area (Å²) in [7, 11) is 3.76. The largest absolute Gasteiger partial charge is 0.381 e. The first-order chi connectivity index (χ1) is 10.6. The second-order valence-corrected chi connectivity index (χ2v) is 6.38. The van der Waals surface area contributed by atoms with Crippen LogP contribution in [0.15, 0.2) is 12.4 Å². The predicted molar refractivity (Wildman–Crippen MR) is 84.1 cm³/mol. The molecule has 1 aromatic rings. The molecule has 2 saturated heterocycles. The molecule has 0 unspecified atom stereocenters. The molecule has 22 heavy (non-hydrogen) atoms. The van der Waals surface area contributed by atoms with E-state index in [2.05, 4.69) is 15.3 Å². The third-order valence-corrected chi connectivity index (χ3v) is 4.57. The average molecular weight is 305 g/mol. The summed E-state index contributed by atoms with van der Waals surface area (Å²) in [4.78, 5) is 24.5. The highest BCUT2D eigenvalue weighted by molar-refractivity contribution is 5.89. The van der Waals surface area contributed by atoms with Crippen molar-refractivity contribution in [1.82, 2.24) is 14.9 Å². The van der Waals surface area contributed by atoms with Crippen LogP contribution in [0.25, 0.3) is 0 Å². The molecule has 0 aromatic carbocycles. The van der Waals surface area contributed by atoms with Gasteiger partial charge in [-0.05, 0) is 24.7 Å². The molecule has 1 N–H and O–H groups in total. The number of anilines is 2. The maximum absolute atomic E-state index is 12.4. The van der Waals surface area contributed by atoms with Crippen LogP contribution < -0.4 is 10.2 Å². The fourth-order valence-electron chi connectivity index (χ4n) is 3.14. The molecule has 1 aromatic heterocycles. The van der Waals surface area contributed by atoms with Crippen LogP contribution in [0.2, 0.25) is 0 Å². The molecule has 7 heteroatoms. The molecule has 120 valence electrons. The van der Waals surface area contributed by atoms with Crippen LogP contribution in [0.4, 0.5) is 16.4 Å². The summed E-state index contributed by atoms with van der Waals surface area (Å²) in [5.74, 6) is 0.625. The highest BCUT2D eigenvalue weighted by atomic mass is 16.5. The molecule has 2 aliphatic heterocycles. The maximum atomic E-state index is 12.4. The Morgan fingerprint density at radius 2 is 1.95 bits per heavy atom. The van der Waals surface area contributed by atoms with Crippen LogP contribution in [0.3, 0.4) is 0 Å². The summed E-state index contributed by atoms with van der Waals surface area (Å²) < 4.78 is 5.44. The molecular weight excluding hydrogens is 282 g/mol. The number of nitrogens with one attached hydrogen (secondary N) is 1. The molecule has 2 aliphatic rings. The molecule has 2 fully saturated rings. The Morgan fingerprint density at radius 3 is 2.59 bits per heavy atom. The standard InChI is InChI=1S/C15H23N5O2/c1-19(2)13-16-9-12(10-17-13)18-14(21)20-6-3-15(11-20)4-7-22-8-5-15/h9-10H,3-8,11H2,1-2H3,(H,18,21). The van der Waals surface area contributed by atoms with Gasteiger partial charge in [0.2, 0.25) is 5.95 Å². The molecule has 0 atom stereocenters. The molecule has 3 heterocycles. The van der Waals surface area contributed by atoms with Crippen LogP contribution in [0.5, 0.6) is 0 Å². The monoisotopic (exact) mass is 305 g/mol. The number of nitrogens with zero attached hydrogens (tertiary/aromatic N) is 4. The van der Waals surface area contributed by atoms with Crippen LogP contribution in [0, 0.1) is 5.41 Å². The zero-order chi connectivity index (χ0) is 15.6. The first-order valence-corrected chi connectivity index (χ1v) is 7.71. The molecular formula is C15H23N5O2. The number of amides is 2. The van der Waals surface area contributed by atoms with E-state index in [1.54, 1.807) is 12.4 Å². The number of rotatable bonds is 2. The number of likely N-dealkylation sites (tertiary alicyclic amines) is 1. The van der Waals surface area contributed by atoms with Gasteiger partial charge in [-0.3, -0.25) is 0 Å². The SMILES string of the molecule is CN(C)c1ncc(NC(=O)N2CCC3(CCOCC3)C2)cn1. The van der Waals surface area contributed by atoms with E-state index in [1.807, 2.05) is 23.9 Å². The Labute approximate surface area is 130 Å². The fraction of sp³-hybridized carbons (Fsp3) is 0.667. The number of ether oxygens (including phenoxy) is 1. The Balaban J connectivity index is 1.58. The van der Waals surface area contributed by atoms with Crippen molar-refractivity contribution in [2.45, 2.75) is 19.3 Å². The zero-order valence-electron chi connectivity index (χ0n) is 13.2. The second-order valence-electron chi connectivity index (χ2n) is 6.38. The van der Waals surface area contributed by atoms with Gasteiger partial charge in [0, 0.05) is 40.4 Å². The molecule has 1 spiro atoms. The van der Waals surface area contributed by atoms with Crippen molar-refractivity contribution in [1.29, 1.82) is 0 Å². The molecule has 2 amide bonds. The lowest BCUT2D eigenvalue weighted by atomic mass is 9.80. The van der Waals surface area contributed by atoms with Crippen molar-refractivity contribution in [3.8, 4) is 0 Å². The summed E-state index contributed by atoms with van der Waals surface area (Å²) in [6.45, 7) is 3.26. The lowest BCUT2D eigenvalue weighted by molar-refractivity contribution is 0.0211. The number of aromatic nitrogens is 2. The Hall–Kier alpha value is -1.89. The number of hydrogen-bond acceptors (Lipinski definition) is 5. The van der Waals surface area contributed by atoms with Gasteiger partial charge in [0.1, 0.15) is 0 Å². The lowest BCUT2D eigenvalue weighted by Gasteiger charge is -2.33. The minimum absolute atomic E-state index is 0.0652. The van der Waals surface area contributed by atoms with E-state index < -0.39 is 0 Å². The Kier molecular flexibility index (Phi) is 4.15. The van der Waals surface area contributed by atoms with E-state index in [0.717, 1.165) is 45.6 Å². The van der Waals surface area contributed by atoms with E-state index in [4.69, 9.17) is 4.74 Å². The van der Waals surface area contributed by atoms with Gasteiger partial charge in [-0.15, -0.1) is 0 Å². The van der Waals surface area contributed by atoms with Gasteiger partial charge in [0.15, 0.2) is 0 Å². The lowest BCUT2D eigenvalue weighted by Crippen LogP contribution is -2.37.